The maximum atomic E-state index is 12.0. The minimum absolute atomic E-state index is 0.0652. The fourth-order valence-electron chi connectivity index (χ4n) is 1.85. The Morgan fingerprint density at radius 3 is 2.46 bits per heavy atom. The van der Waals surface area contributed by atoms with E-state index < -0.39 is 12.1 Å². The fourth-order valence-corrected chi connectivity index (χ4v) is 1.85. The van der Waals surface area contributed by atoms with E-state index in [1.54, 1.807) is 26.2 Å². The highest BCUT2D eigenvalue weighted by Crippen LogP contribution is 2.11. The van der Waals surface area contributed by atoms with Crippen molar-refractivity contribution in [2.24, 2.45) is 0 Å². The summed E-state index contributed by atoms with van der Waals surface area (Å²) in [4.78, 5) is 31.8. The van der Waals surface area contributed by atoms with Gasteiger partial charge in [-0.3, -0.25) is 9.78 Å². The van der Waals surface area contributed by atoms with E-state index in [2.05, 4.69) is 15.3 Å². The zero-order chi connectivity index (χ0) is 17.5. The molecule has 1 aromatic heterocycles. The fraction of sp³-hybridized carbons (Fsp3) is 0.294. The van der Waals surface area contributed by atoms with Crippen molar-refractivity contribution in [2.75, 3.05) is 7.11 Å². The average Bonchev–Trinajstić information content (AvgIpc) is 2.60. The van der Waals surface area contributed by atoms with Crippen LogP contribution in [0.15, 0.2) is 36.7 Å². The van der Waals surface area contributed by atoms with Crippen LogP contribution in [-0.4, -0.2) is 35.1 Å². The first kappa shape index (κ1) is 17.4. The molecule has 0 spiro atoms. The Morgan fingerprint density at radius 1 is 1.17 bits per heavy atom. The largest absolute Gasteiger partial charge is 0.497 e. The first-order valence-electron chi connectivity index (χ1n) is 7.40. The molecule has 1 N–H and O–H groups in total. The van der Waals surface area contributed by atoms with Crippen molar-refractivity contribution >= 4 is 11.9 Å². The minimum Gasteiger partial charge on any atom is -0.497 e. The topological polar surface area (TPSA) is 90.4 Å². The number of aryl methyl sites for hydroxylation is 1. The summed E-state index contributed by atoms with van der Waals surface area (Å²) >= 11 is 0. The molecule has 7 nitrogen and oxygen atoms in total. The van der Waals surface area contributed by atoms with Gasteiger partial charge in [0.15, 0.2) is 11.8 Å². The van der Waals surface area contributed by atoms with Gasteiger partial charge in [0.25, 0.3) is 5.91 Å². The highest BCUT2D eigenvalue weighted by Gasteiger charge is 2.19. The van der Waals surface area contributed by atoms with Gasteiger partial charge in [-0.25, -0.2) is 9.78 Å². The van der Waals surface area contributed by atoms with Crippen molar-refractivity contribution in [3.8, 4) is 5.75 Å². The number of carbonyl (C=O) groups is 2. The highest BCUT2D eigenvalue weighted by molar-refractivity contribution is 5.90. The van der Waals surface area contributed by atoms with Crippen LogP contribution in [0.2, 0.25) is 0 Å². The van der Waals surface area contributed by atoms with Gasteiger partial charge >= 0.3 is 5.97 Å². The Morgan fingerprint density at radius 2 is 1.88 bits per heavy atom. The summed E-state index contributed by atoms with van der Waals surface area (Å²) < 4.78 is 10.2. The van der Waals surface area contributed by atoms with E-state index in [0.29, 0.717) is 12.2 Å². The number of aromatic nitrogens is 2. The molecule has 1 amide bonds. The Labute approximate surface area is 140 Å². The number of amides is 1. The van der Waals surface area contributed by atoms with Gasteiger partial charge in [-0.2, -0.15) is 0 Å². The Hall–Kier alpha value is -2.96. The minimum atomic E-state index is -0.932. The van der Waals surface area contributed by atoms with Crippen molar-refractivity contribution < 1.29 is 19.1 Å². The highest BCUT2D eigenvalue weighted by atomic mass is 16.5. The van der Waals surface area contributed by atoms with Gasteiger partial charge in [0, 0.05) is 12.7 Å². The van der Waals surface area contributed by atoms with Crippen LogP contribution in [0.1, 0.15) is 28.7 Å². The standard InChI is InChI=1S/C17H19N3O4/c1-11-8-19-15(10-18-11)17(22)24-12(2)16(21)20-9-13-4-6-14(23-3)7-5-13/h4-8,10,12H,9H2,1-3H3,(H,20,21)/t12-/m1/s1. The molecule has 0 aliphatic carbocycles. The Bertz CT molecular complexity index is 699. The third-order valence-electron chi connectivity index (χ3n) is 3.27. The van der Waals surface area contributed by atoms with Crippen molar-refractivity contribution in [1.29, 1.82) is 0 Å². The van der Waals surface area contributed by atoms with Crippen LogP contribution in [0.4, 0.5) is 0 Å². The summed E-state index contributed by atoms with van der Waals surface area (Å²) in [6, 6.07) is 7.30. The molecule has 2 aromatic rings. The van der Waals surface area contributed by atoms with Crippen LogP contribution < -0.4 is 10.1 Å². The molecule has 1 heterocycles. The third-order valence-corrected chi connectivity index (χ3v) is 3.27. The number of ether oxygens (including phenoxy) is 2. The Kier molecular flexibility index (Phi) is 5.83. The zero-order valence-corrected chi connectivity index (χ0v) is 13.8. The molecule has 0 aliphatic rings. The number of hydrogen-bond donors (Lipinski definition) is 1. The molecule has 1 atom stereocenters. The van der Waals surface area contributed by atoms with Gasteiger partial charge in [-0.15, -0.1) is 0 Å². The molecule has 0 saturated heterocycles. The van der Waals surface area contributed by atoms with E-state index in [9.17, 15) is 9.59 Å². The zero-order valence-electron chi connectivity index (χ0n) is 13.8. The van der Waals surface area contributed by atoms with Crippen LogP contribution in [-0.2, 0) is 16.1 Å². The van der Waals surface area contributed by atoms with E-state index in [4.69, 9.17) is 9.47 Å². The summed E-state index contributed by atoms with van der Waals surface area (Å²) in [5, 5.41) is 2.71. The van der Waals surface area contributed by atoms with Gasteiger partial charge in [-0.1, -0.05) is 12.1 Å². The summed E-state index contributed by atoms with van der Waals surface area (Å²) in [6.45, 7) is 3.59. The Balaban J connectivity index is 1.84. The summed E-state index contributed by atoms with van der Waals surface area (Å²) in [5.41, 5.74) is 1.67. The normalized spacial score (nSPS) is 11.5. The summed E-state index contributed by atoms with van der Waals surface area (Å²) in [7, 11) is 1.59. The lowest BCUT2D eigenvalue weighted by molar-refractivity contribution is -0.129. The van der Waals surface area contributed by atoms with Gasteiger partial charge < -0.3 is 14.8 Å². The summed E-state index contributed by atoms with van der Waals surface area (Å²) in [6.07, 6.45) is 1.85. The van der Waals surface area contributed by atoms with Crippen molar-refractivity contribution in [3.05, 3.63) is 53.6 Å². The third kappa shape index (κ3) is 4.77. The second-order valence-electron chi connectivity index (χ2n) is 5.16. The molecule has 126 valence electrons. The van der Waals surface area contributed by atoms with Gasteiger partial charge in [0.05, 0.1) is 19.0 Å². The lowest BCUT2D eigenvalue weighted by atomic mass is 10.2. The average molecular weight is 329 g/mol. The number of esters is 1. The number of nitrogens with zero attached hydrogens (tertiary/aromatic N) is 2. The number of benzene rings is 1. The van der Waals surface area contributed by atoms with Crippen LogP contribution in [0, 0.1) is 6.92 Å². The van der Waals surface area contributed by atoms with E-state index in [-0.39, 0.29) is 11.6 Å². The molecule has 0 aliphatic heterocycles. The second-order valence-corrected chi connectivity index (χ2v) is 5.16. The smallest absolute Gasteiger partial charge is 0.359 e. The molecule has 7 heteroatoms. The molecule has 0 bridgehead atoms. The molecule has 0 radical (unpaired) electrons. The molecular weight excluding hydrogens is 310 g/mol. The molecule has 0 saturated carbocycles. The second kappa shape index (κ2) is 8.05. The number of hydrogen-bond acceptors (Lipinski definition) is 6. The quantitative estimate of drug-likeness (QED) is 0.811. The van der Waals surface area contributed by atoms with Crippen LogP contribution in [0.3, 0.4) is 0 Å². The number of rotatable bonds is 6. The maximum Gasteiger partial charge on any atom is 0.359 e. The van der Waals surface area contributed by atoms with E-state index in [1.807, 2.05) is 12.1 Å². The molecule has 0 unspecified atom stereocenters. The molecule has 24 heavy (non-hydrogen) atoms. The first-order valence-corrected chi connectivity index (χ1v) is 7.40. The predicted octanol–water partition coefficient (Wildman–Crippen LogP) is 1.66. The van der Waals surface area contributed by atoms with Crippen LogP contribution >= 0.6 is 0 Å². The van der Waals surface area contributed by atoms with Crippen molar-refractivity contribution in [3.63, 3.8) is 0 Å². The van der Waals surface area contributed by atoms with Crippen molar-refractivity contribution in [1.82, 2.24) is 15.3 Å². The molecule has 0 fully saturated rings. The van der Waals surface area contributed by atoms with Crippen molar-refractivity contribution in [2.45, 2.75) is 26.5 Å². The van der Waals surface area contributed by atoms with Crippen LogP contribution in [0.5, 0.6) is 5.75 Å². The molecule has 1 aromatic carbocycles. The predicted molar refractivity (Wildman–Crippen MR) is 86.5 cm³/mol. The first-order chi connectivity index (χ1) is 11.5. The number of methoxy groups -OCH3 is 1. The van der Waals surface area contributed by atoms with Gasteiger partial charge in [0.2, 0.25) is 0 Å². The van der Waals surface area contributed by atoms with Crippen LogP contribution in [0.25, 0.3) is 0 Å². The maximum absolute atomic E-state index is 12.0. The van der Waals surface area contributed by atoms with Gasteiger partial charge in [-0.05, 0) is 31.5 Å². The molecular formula is C17H19N3O4. The molecule has 2 rings (SSSR count). The lowest BCUT2D eigenvalue weighted by Crippen LogP contribution is -2.35. The van der Waals surface area contributed by atoms with E-state index >= 15 is 0 Å². The monoisotopic (exact) mass is 329 g/mol. The lowest BCUT2D eigenvalue weighted by Gasteiger charge is -2.13. The summed E-state index contributed by atoms with van der Waals surface area (Å²) in [5.74, 6) is -0.333. The van der Waals surface area contributed by atoms with Gasteiger partial charge in [0.1, 0.15) is 5.75 Å². The van der Waals surface area contributed by atoms with E-state index in [0.717, 1.165) is 11.3 Å². The SMILES string of the molecule is COc1ccc(CNC(=O)[C@@H](C)OC(=O)c2cnc(C)cn2)cc1. The number of nitrogens with one attached hydrogen (secondary N) is 1. The number of carbonyl (C=O) groups excluding carboxylic acids is 2. The van der Waals surface area contributed by atoms with E-state index in [1.165, 1.54) is 19.3 Å².